The fourth-order valence-corrected chi connectivity index (χ4v) is 5.05. The van der Waals surface area contributed by atoms with Crippen LogP contribution >= 0.6 is 11.3 Å². The van der Waals surface area contributed by atoms with Crippen LogP contribution in [0, 0.1) is 0 Å². The number of thiazole rings is 1. The Morgan fingerprint density at radius 1 is 1.31 bits per heavy atom. The maximum Gasteiger partial charge on any atom is 0.330 e. The number of nitrogens with one attached hydrogen (secondary N) is 2. The van der Waals surface area contributed by atoms with Crippen LogP contribution in [0.1, 0.15) is 29.6 Å². The molecule has 11 heteroatoms. The molecule has 0 aliphatic heterocycles. The summed E-state index contributed by atoms with van der Waals surface area (Å²) in [5, 5.41) is 5.93. The molecule has 1 aliphatic rings. The highest BCUT2D eigenvalue weighted by atomic mass is 32.1. The number of anilines is 2. The van der Waals surface area contributed by atoms with E-state index in [4.69, 9.17) is 5.73 Å². The summed E-state index contributed by atoms with van der Waals surface area (Å²) in [5.74, 6) is -2.97. The smallest absolute Gasteiger partial charge is 0.330 e. The van der Waals surface area contributed by atoms with Gasteiger partial charge >= 0.3 is 5.95 Å². The van der Waals surface area contributed by atoms with E-state index in [1.165, 1.54) is 17.5 Å². The highest BCUT2D eigenvalue weighted by Gasteiger charge is 2.53. The molecule has 1 saturated carbocycles. The minimum absolute atomic E-state index is 0.0277. The number of carbonyl (C=O) groups excluding carboxylic acids is 1. The second-order valence-corrected chi connectivity index (χ2v) is 9.37. The zero-order valence-corrected chi connectivity index (χ0v) is 18.9. The predicted molar refractivity (Wildman–Crippen MR) is 123 cm³/mol. The van der Waals surface area contributed by atoms with Gasteiger partial charge < -0.3 is 16.4 Å². The largest absolute Gasteiger partial charge is 0.365 e. The summed E-state index contributed by atoms with van der Waals surface area (Å²) in [6.45, 7) is 0. The third-order valence-corrected chi connectivity index (χ3v) is 6.95. The van der Waals surface area contributed by atoms with Crippen LogP contribution in [-0.4, -0.2) is 60.0 Å². The van der Waals surface area contributed by atoms with Gasteiger partial charge in [-0.05, 0) is 31.7 Å². The maximum absolute atomic E-state index is 14.6. The number of nitrogens with two attached hydrogens (primary N) is 1. The van der Waals surface area contributed by atoms with Crippen molar-refractivity contribution in [1.29, 1.82) is 0 Å². The summed E-state index contributed by atoms with van der Waals surface area (Å²) < 4.78 is 30.3. The summed E-state index contributed by atoms with van der Waals surface area (Å²) >= 11 is 1.53. The molecular weight excluding hydrogens is 436 g/mol. The van der Waals surface area contributed by atoms with Gasteiger partial charge in [-0.15, -0.1) is 11.3 Å². The van der Waals surface area contributed by atoms with E-state index in [9.17, 15) is 13.6 Å². The summed E-state index contributed by atoms with van der Waals surface area (Å²) in [7, 11) is 5.16. The molecule has 1 amide bonds. The molecule has 1 fully saturated rings. The zero-order valence-electron chi connectivity index (χ0n) is 18.1. The van der Waals surface area contributed by atoms with Crippen LogP contribution in [0.5, 0.6) is 0 Å². The Hall–Kier alpha value is -2.76. The molecule has 2 aromatic heterocycles. The lowest BCUT2D eigenvalue weighted by Gasteiger charge is -2.45. The highest BCUT2D eigenvalue weighted by molar-refractivity contribution is 7.16. The van der Waals surface area contributed by atoms with E-state index in [0.29, 0.717) is 24.5 Å². The first kappa shape index (κ1) is 22.4. The SMILES string of the molecule is CNC1C([N+](C)(C)c2ncc(C(N)=O)c(Nc3ccc4scnc4c3)n2)CCCC1(F)F. The molecule has 0 radical (unpaired) electrons. The minimum Gasteiger partial charge on any atom is -0.365 e. The van der Waals surface area contributed by atoms with E-state index < -0.39 is 23.9 Å². The Morgan fingerprint density at radius 3 is 2.81 bits per heavy atom. The number of likely N-dealkylation sites (N-methyl/N-ethyl adjacent to an activating group) is 2. The Morgan fingerprint density at radius 2 is 2.09 bits per heavy atom. The first-order valence-corrected chi connectivity index (χ1v) is 11.2. The fourth-order valence-electron chi connectivity index (χ4n) is 4.40. The number of fused-ring (bicyclic) bond motifs is 1. The lowest BCUT2D eigenvalue weighted by molar-refractivity contribution is -0.0863. The molecule has 2 unspecified atom stereocenters. The third-order valence-electron chi connectivity index (χ3n) is 6.14. The third kappa shape index (κ3) is 4.03. The molecule has 1 aliphatic carbocycles. The summed E-state index contributed by atoms with van der Waals surface area (Å²) in [4.78, 5) is 25.2. The van der Waals surface area contributed by atoms with Gasteiger partial charge in [-0.25, -0.2) is 13.8 Å². The number of carbonyl (C=O) groups is 1. The van der Waals surface area contributed by atoms with Crippen molar-refractivity contribution in [2.24, 2.45) is 5.73 Å². The van der Waals surface area contributed by atoms with Crippen LogP contribution in [0.25, 0.3) is 10.2 Å². The predicted octanol–water partition coefficient (Wildman–Crippen LogP) is 3.27. The van der Waals surface area contributed by atoms with Crippen LogP contribution in [0.2, 0.25) is 0 Å². The van der Waals surface area contributed by atoms with Crippen LogP contribution in [0.4, 0.5) is 26.2 Å². The molecule has 170 valence electrons. The number of aromatic nitrogens is 3. The molecule has 1 aromatic carbocycles. The van der Waals surface area contributed by atoms with E-state index in [-0.39, 0.29) is 22.3 Å². The van der Waals surface area contributed by atoms with Gasteiger partial charge in [0.25, 0.3) is 11.8 Å². The molecule has 2 atom stereocenters. The standard InChI is InChI=1S/C21H25F2N7OS/c1-25-17-15(5-4-8-21(17,22)23)30(2,3)20-26-10-13(18(24)31)19(29-20)28-12-6-7-16-14(9-12)27-11-32-16/h6-7,9-11,15,17,25H,4-5,8H2,1-3H3,(H2-,24,26,28,29,31)/p+1. The lowest BCUT2D eigenvalue weighted by atomic mass is 9.85. The Bertz CT molecular complexity index is 1150. The van der Waals surface area contributed by atoms with E-state index in [1.54, 1.807) is 26.7 Å². The van der Waals surface area contributed by atoms with E-state index in [0.717, 1.165) is 10.2 Å². The van der Waals surface area contributed by atoms with E-state index in [1.807, 2.05) is 18.2 Å². The number of hydrogen-bond acceptors (Lipinski definition) is 7. The van der Waals surface area contributed by atoms with Gasteiger partial charge in [0.2, 0.25) is 0 Å². The molecule has 4 N–H and O–H groups in total. The van der Waals surface area contributed by atoms with Gasteiger partial charge in [0.05, 0.1) is 36.0 Å². The van der Waals surface area contributed by atoms with Crippen LogP contribution < -0.4 is 20.9 Å². The van der Waals surface area contributed by atoms with Crippen molar-refractivity contribution < 1.29 is 13.6 Å². The van der Waals surface area contributed by atoms with Gasteiger partial charge in [-0.2, -0.15) is 9.97 Å². The number of primary amides is 1. The van der Waals surface area contributed by atoms with Crippen molar-refractivity contribution in [3.05, 3.63) is 35.5 Å². The number of quaternary nitrogens is 1. The molecule has 0 spiro atoms. The molecule has 2 heterocycles. The molecule has 8 nitrogen and oxygen atoms in total. The number of halogens is 2. The van der Waals surface area contributed by atoms with Gasteiger partial charge in [0, 0.05) is 18.5 Å². The summed E-state index contributed by atoms with van der Waals surface area (Å²) in [5.41, 5.74) is 8.90. The van der Waals surface area contributed by atoms with Crippen LogP contribution in [0.15, 0.2) is 29.9 Å². The number of nitrogens with zero attached hydrogens (tertiary/aromatic N) is 4. The van der Waals surface area contributed by atoms with Crippen LogP contribution in [0.3, 0.4) is 0 Å². The maximum atomic E-state index is 14.6. The molecule has 0 saturated heterocycles. The number of benzene rings is 1. The van der Waals surface area contributed by atoms with Crippen molar-refractivity contribution in [1.82, 2.24) is 24.8 Å². The Balaban J connectivity index is 1.72. The van der Waals surface area contributed by atoms with Crippen molar-refractivity contribution >= 4 is 44.9 Å². The molecule has 32 heavy (non-hydrogen) atoms. The molecular formula is C21H26F2N7OS+. The second-order valence-electron chi connectivity index (χ2n) is 8.48. The van der Waals surface area contributed by atoms with E-state index in [2.05, 4.69) is 25.6 Å². The first-order valence-electron chi connectivity index (χ1n) is 10.3. The minimum atomic E-state index is -2.83. The average molecular weight is 463 g/mol. The fraction of sp³-hybridized carbons (Fsp3) is 0.429. The average Bonchev–Trinajstić information content (AvgIpc) is 3.20. The number of rotatable bonds is 6. The summed E-state index contributed by atoms with van der Waals surface area (Å²) in [6.07, 6.45) is 2.21. The van der Waals surface area contributed by atoms with Gasteiger partial charge in [0.15, 0.2) is 5.82 Å². The first-order chi connectivity index (χ1) is 15.1. The monoisotopic (exact) mass is 462 g/mol. The quantitative estimate of drug-likeness (QED) is 0.486. The zero-order chi connectivity index (χ0) is 23.1. The normalized spacial score (nSPS) is 20.9. The summed E-state index contributed by atoms with van der Waals surface area (Å²) in [6, 6.07) is 4.14. The van der Waals surface area contributed by atoms with Crippen LogP contribution in [-0.2, 0) is 0 Å². The molecule has 0 bridgehead atoms. The van der Waals surface area contributed by atoms with Crippen molar-refractivity contribution in [2.75, 3.05) is 26.5 Å². The Labute approximate surface area is 188 Å². The highest BCUT2D eigenvalue weighted by Crippen LogP contribution is 2.39. The van der Waals surface area contributed by atoms with Crippen molar-refractivity contribution in [2.45, 2.75) is 37.3 Å². The van der Waals surface area contributed by atoms with Gasteiger partial charge in [0.1, 0.15) is 17.6 Å². The second kappa shape index (κ2) is 8.30. The van der Waals surface area contributed by atoms with Gasteiger partial charge in [-0.3, -0.25) is 9.28 Å². The number of amides is 1. The number of alkyl halides is 2. The lowest BCUT2D eigenvalue weighted by Crippen LogP contribution is -2.66. The topological polar surface area (TPSA) is 106 Å². The number of hydrogen-bond donors (Lipinski definition) is 3. The van der Waals surface area contributed by atoms with Crippen molar-refractivity contribution in [3.8, 4) is 0 Å². The van der Waals surface area contributed by atoms with Crippen molar-refractivity contribution in [3.63, 3.8) is 0 Å². The van der Waals surface area contributed by atoms with Gasteiger partial charge in [-0.1, -0.05) is 0 Å². The molecule has 3 aromatic rings. The molecule has 4 rings (SSSR count). The van der Waals surface area contributed by atoms with E-state index >= 15 is 0 Å². The Kier molecular flexibility index (Phi) is 5.82.